The molecule has 0 atom stereocenters. The molecule has 0 spiro atoms. The molecule has 0 N–H and O–H groups in total. The summed E-state index contributed by atoms with van der Waals surface area (Å²) in [5, 5.41) is 2.28. The Labute approximate surface area is 83.8 Å². The predicted molar refractivity (Wildman–Crippen MR) is 54.9 cm³/mol. The first-order valence-electron chi connectivity index (χ1n) is 4.23. The molecule has 3 nitrogen and oxygen atoms in total. The third-order valence-corrected chi connectivity index (χ3v) is 1.88. The number of morpholine rings is 1. The van der Waals surface area contributed by atoms with E-state index in [2.05, 4.69) is 39.1 Å². The van der Waals surface area contributed by atoms with Crippen LogP contribution in [-0.2, 0) is 4.74 Å². The van der Waals surface area contributed by atoms with Gasteiger partial charge < -0.3 is 4.74 Å². The molecule has 1 rings (SSSR count). The molecule has 0 aliphatic carbocycles. The van der Waals surface area contributed by atoms with E-state index >= 15 is 0 Å². The molecule has 0 aromatic carbocycles. The van der Waals surface area contributed by atoms with Crippen molar-refractivity contribution in [3.8, 4) is 11.8 Å². The molecule has 0 bridgehead atoms. The zero-order valence-corrected chi connectivity index (χ0v) is 8.27. The summed E-state index contributed by atoms with van der Waals surface area (Å²) < 4.78 is 5.21. The predicted octanol–water partition coefficient (Wildman–Crippen LogP) is 0.425. The van der Waals surface area contributed by atoms with Gasteiger partial charge >= 0.3 is 0 Å². The Balaban J connectivity index is 2.14. The minimum absolute atomic E-state index is 0.466. The van der Waals surface area contributed by atoms with Gasteiger partial charge in [-0.15, -0.1) is 0 Å². The van der Waals surface area contributed by atoms with Crippen LogP contribution in [0.3, 0.4) is 0 Å². The largest absolute Gasteiger partial charge is 0.379 e. The van der Waals surface area contributed by atoms with Crippen LogP contribution in [0.2, 0.25) is 0 Å². The highest BCUT2D eigenvalue weighted by Crippen LogP contribution is 1.94. The summed E-state index contributed by atoms with van der Waals surface area (Å²) in [6.07, 6.45) is 0. The first-order chi connectivity index (χ1) is 6.43. The van der Waals surface area contributed by atoms with Gasteiger partial charge in [0.05, 0.1) is 24.9 Å². The zero-order chi connectivity index (χ0) is 9.36. The minimum atomic E-state index is 0.466. The smallest absolute Gasteiger partial charge is 0.110 e. The van der Waals surface area contributed by atoms with Crippen LogP contribution < -0.4 is 0 Å². The molecule has 0 amide bonds. The Morgan fingerprint density at radius 3 is 2.77 bits per heavy atom. The van der Waals surface area contributed by atoms with Crippen LogP contribution in [0.1, 0.15) is 0 Å². The van der Waals surface area contributed by atoms with E-state index in [4.69, 9.17) is 4.74 Å². The Hall–Kier alpha value is -0.720. The molecular weight excluding hydrogens is 184 g/mol. The number of ether oxygens (including phenoxy) is 1. The number of hydrogen-bond acceptors (Lipinski definition) is 4. The number of thiocarbonyl (C=S) groups is 1. The fourth-order valence-corrected chi connectivity index (χ4v) is 1.12. The molecule has 0 aromatic heterocycles. The van der Waals surface area contributed by atoms with Crippen molar-refractivity contribution in [1.82, 2.24) is 4.90 Å². The van der Waals surface area contributed by atoms with Gasteiger partial charge in [0.25, 0.3) is 0 Å². The summed E-state index contributed by atoms with van der Waals surface area (Å²) in [4.78, 5) is 5.96. The standard InChI is InChI=1S/C9H12N2OS/c13-9-10-3-1-2-4-11-5-7-12-8-6-11/h3-8H2. The molecule has 0 aromatic rings. The van der Waals surface area contributed by atoms with E-state index in [0.717, 1.165) is 32.8 Å². The zero-order valence-electron chi connectivity index (χ0n) is 7.45. The highest BCUT2D eigenvalue weighted by Gasteiger charge is 2.07. The number of hydrogen-bond donors (Lipinski definition) is 0. The van der Waals surface area contributed by atoms with Gasteiger partial charge in [0, 0.05) is 13.1 Å². The Morgan fingerprint density at radius 2 is 2.08 bits per heavy atom. The Morgan fingerprint density at radius 1 is 1.31 bits per heavy atom. The van der Waals surface area contributed by atoms with Crippen LogP contribution in [0.4, 0.5) is 0 Å². The lowest BCUT2D eigenvalue weighted by molar-refractivity contribution is 0.0443. The van der Waals surface area contributed by atoms with Gasteiger partial charge in [-0.3, -0.25) is 4.90 Å². The van der Waals surface area contributed by atoms with Crippen molar-refractivity contribution in [2.24, 2.45) is 4.99 Å². The molecule has 1 aliphatic heterocycles. The van der Waals surface area contributed by atoms with Gasteiger partial charge in [-0.1, -0.05) is 11.8 Å². The SMILES string of the molecule is S=C=NCC#CCN1CCOCC1. The van der Waals surface area contributed by atoms with Crippen LogP contribution in [-0.4, -0.2) is 49.5 Å². The molecule has 1 fully saturated rings. The van der Waals surface area contributed by atoms with Gasteiger partial charge in [-0.25, -0.2) is 4.99 Å². The second-order valence-corrected chi connectivity index (χ2v) is 2.83. The topological polar surface area (TPSA) is 24.8 Å². The Kier molecular flexibility index (Phi) is 5.39. The maximum absolute atomic E-state index is 5.21. The van der Waals surface area contributed by atoms with Gasteiger partial charge in [-0.2, -0.15) is 0 Å². The van der Waals surface area contributed by atoms with Gasteiger partial charge in [0.15, 0.2) is 0 Å². The normalized spacial score (nSPS) is 16.9. The van der Waals surface area contributed by atoms with Crippen LogP contribution in [0, 0.1) is 11.8 Å². The summed E-state index contributed by atoms with van der Waals surface area (Å²) in [6.45, 7) is 4.86. The summed E-state index contributed by atoms with van der Waals surface area (Å²) >= 11 is 4.42. The van der Waals surface area contributed by atoms with E-state index in [0.29, 0.717) is 6.54 Å². The van der Waals surface area contributed by atoms with E-state index < -0.39 is 0 Å². The summed E-state index contributed by atoms with van der Waals surface area (Å²) in [5.74, 6) is 5.94. The van der Waals surface area contributed by atoms with E-state index in [1.807, 2.05) is 0 Å². The molecule has 4 heteroatoms. The third-order valence-electron chi connectivity index (χ3n) is 1.75. The number of aliphatic imine (C=N–C) groups is 1. The molecule has 0 unspecified atom stereocenters. The van der Waals surface area contributed by atoms with Crippen molar-refractivity contribution in [2.75, 3.05) is 39.4 Å². The number of nitrogens with zero attached hydrogens (tertiary/aromatic N) is 2. The summed E-state index contributed by atoms with van der Waals surface area (Å²) in [6, 6.07) is 0. The molecule has 13 heavy (non-hydrogen) atoms. The lowest BCUT2D eigenvalue weighted by Crippen LogP contribution is -2.36. The van der Waals surface area contributed by atoms with Crippen molar-refractivity contribution < 1.29 is 4.74 Å². The van der Waals surface area contributed by atoms with Crippen molar-refractivity contribution in [3.63, 3.8) is 0 Å². The molecule has 1 saturated heterocycles. The first kappa shape index (κ1) is 10.4. The van der Waals surface area contributed by atoms with Crippen molar-refractivity contribution in [2.45, 2.75) is 0 Å². The van der Waals surface area contributed by atoms with Gasteiger partial charge in [-0.05, 0) is 12.2 Å². The van der Waals surface area contributed by atoms with Crippen LogP contribution in [0.5, 0.6) is 0 Å². The minimum Gasteiger partial charge on any atom is -0.379 e. The summed E-state index contributed by atoms with van der Waals surface area (Å²) in [7, 11) is 0. The molecule has 1 aliphatic rings. The molecule has 0 saturated carbocycles. The fourth-order valence-electron chi connectivity index (χ4n) is 1.05. The monoisotopic (exact) mass is 196 g/mol. The molecule has 70 valence electrons. The van der Waals surface area contributed by atoms with E-state index in [9.17, 15) is 0 Å². The van der Waals surface area contributed by atoms with Crippen molar-refractivity contribution >= 4 is 17.4 Å². The number of isothiocyanates is 1. The van der Waals surface area contributed by atoms with Crippen molar-refractivity contribution in [3.05, 3.63) is 0 Å². The molecular formula is C9H12N2OS. The van der Waals surface area contributed by atoms with Gasteiger partial charge in [0.1, 0.15) is 6.54 Å². The molecule has 1 heterocycles. The quantitative estimate of drug-likeness (QED) is 0.363. The average Bonchev–Trinajstić information content (AvgIpc) is 2.19. The van der Waals surface area contributed by atoms with Crippen LogP contribution in [0.15, 0.2) is 4.99 Å². The van der Waals surface area contributed by atoms with E-state index in [-0.39, 0.29) is 0 Å². The first-order valence-corrected chi connectivity index (χ1v) is 4.64. The lowest BCUT2D eigenvalue weighted by atomic mass is 10.4. The van der Waals surface area contributed by atoms with Crippen LogP contribution >= 0.6 is 12.2 Å². The second kappa shape index (κ2) is 6.76. The van der Waals surface area contributed by atoms with E-state index in [1.54, 1.807) is 0 Å². The Bertz CT molecular complexity index is 244. The van der Waals surface area contributed by atoms with E-state index in [1.165, 1.54) is 0 Å². The third kappa shape index (κ3) is 4.76. The highest BCUT2D eigenvalue weighted by atomic mass is 32.1. The average molecular weight is 196 g/mol. The maximum Gasteiger partial charge on any atom is 0.110 e. The van der Waals surface area contributed by atoms with Crippen LogP contribution in [0.25, 0.3) is 0 Å². The fraction of sp³-hybridized carbons (Fsp3) is 0.667. The molecule has 0 radical (unpaired) electrons. The van der Waals surface area contributed by atoms with Crippen molar-refractivity contribution in [1.29, 1.82) is 0 Å². The summed E-state index contributed by atoms with van der Waals surface area (Å²) in [5.41, 5.74) is 0. The highest BCUT2D eigenvalue weighted by molar-refractivity contribution is 7.78. The maximum atomic E-state index is 5.21. The second-order valence-electron chi connectivity index (χ2n) is 2.65. The lowest BCUT2D eigenvalue weighted by Gasteiger charge is -2.24. The number of rotatable bonds is 2. The van der Waals surface area contributed by atoms with Gasteiger partial charge in [0.2, 0.25) is 0 Å².